The first-order valence-electron chi connectivity index (χ1n) is 6.89. The molecule has 3 N–H and O–H groups in total. The van der Waals surface area contributed by atoms with Gasteiger partial charge < -0.3 is 15.6 Å². The molecule has 0 bridgehead atoms. The fourth-order valence-corrected chi connectivity index (χ4v) is 2.62. The average Bonchev–Trinajstić information content (AvgIpc) is 2.82. The molecule has 0 aliphatic heterocycles. The molecule has 1 aromatic heterocycles. The van der Waals surface area contributed by atoms with Gasteiger partial charge in [-0.15, -0.1) is 0 Å². The number of halogens is 1. The van der Waals surface area contributed by atoms with Crippen LogP contribution in [0, 0.1) is 0 Å². The summed E-state index contributed by atoms with van der Waals surface area (Å²) < 4.78 is 0.705. The van der Waals surface area contributed by atoms with Gasteiger partial charge >= 0.3 is 0 Å². The number of carbonyl (C=O) groups excluding carboxylic acids is 2. The average molecular weight is 352 g/mol. The zero-order valence-corrected chi connectivity index (χ0v) is 13.6. The minimum Gasteiger partial charge on any atom is -0.354 e. The van der Waals surface area contributed by atoms with E-state index in [4.69, 9.17) is 0 Å². The largest absolute Gasteiger partial charge is 0.354 e. The van der Waals surface area contributed by atoms with Crippen LogP contribution in [-0.2, 0) is 4.79 Å². The van der Waals surface area contributed by atoms with Crippen LogP contribution in [0.25, 0.3) is 10.9 Å². The zero-order chi connectivity index (χ0) is 15.4. The van der Waals surface area contributed by atoms with Gasteiger partial charge in [-0.25, -0.2) is 0 Å². The number of hydrogen-bond donors (Lipinski definition) is 3. The number of aromatic nitrogens is 1. The molecular formula is C15H18BrN3O2. The summed E-state index contributed by atoms with van der Waals surface area (Å²) in [5.41, 5.74) is 1.30. The van der Waals surface area contributed by atoms with Crippen molar-refractivity contribution in [1.82, 2.24) is 15.6 Å². The van der Waals surface area contributed by atoms with Gasteiger partial charge in [0.25, 0.3) is 5.91 Å². The van der Waals surface area contributed by atoms with Crippen LogP contribution in [-0.4, -0.2) is 29.4 Å². The van der Waals surface area contributed by atoms with Gasteiger partial charge in [-0.05, 0) is 35.3 Å². The minimum absolute atomic E-state index is 0.183. The van der Waals surface area contributed by atoms with Crippen LogP contribution in [0.2, 0.25) is 0 Å². The smallest absolute Gasteiger partial charge is 0.269 e. The first-order chi connectivity index (χ1) is 10.0. The molecule has 1 atom stereocenters. The number of carbonyl (C=O) groups is 2. The van der Waals surface area contributed by atoms with Crippen molar-refractivity contribution < 1.29 is 9.59 Å². The van der Waals surface area contributed by atoms with Crippen LogP contribution in [0.15, 0.2) is 28.7 Å². The number of rotatable bonds is 5. The van der Waals surface area contributed by atoms with Crippen molar-refractivity contribution in [2.75, 3.05) is 6.54 Å². The van der Waals surface area contributed by atoms with Crippen molar-refractivity contribution in [1.29, 1.82) is 0 Å². The molecule has 1 aromatic carbocycles. The highest BCUT2D eigenvalue weighted by Crippen LogP contribution is 2.27. The Kier molecular flexibility index (Phi) is 5.01. The van der Waals surface area contributed by atoms with Crippen LogP contribution in [0.1, 0.15) is 30.8 Å². The van der Waals surface area contributed by atoms with Crippen molar-refractivity contribution in [3.05, 3.63) is 34.4 Å². The molecular weight excluding hydrogens is 334 g/mol. The molecule has 2 rings (SSSR count). The van der Waals surface area contributed by atoms with E-state index in [9.17, 15) is 9.59 Å². The first-order valence-corrected chi connectivity index (χ1v) is 7.68. The van der Waals surface area contributed by atoms with Crippen LogP contribution in [0.3, 0.4) is 0 Å². The number of benzene rings is 1. The van der Waals surface area contributed by atoms with E-state index in [2.05, 4.69) is 31.5 Å². The van der Waals surface area contributed by atoms with E-state index in [1.54, 1.807) is 6.92 Å². The van der Waals surface area contributed by atoms with Gasteiger partial charge in [-0.1, -0.05) is 25.1 Å². The summed E-state index contributed by atoms with van der Waals surface area (Å²) in [6.45, 7) is 4.25. The lowest BCUT2D eigenvalue weighted by Crippen LogP contribution is -2.45. The monoisotopic (exact) mass is 351 g/mol. The quantitative estimate of drug-likeness (QED) is 0.774. The number of nitrogens with one attached hydrogen (secondary N) is 3. The molecule has 0 fully saturated rings. The summed E-state index contributed by atoms with van der Waals surface area (Å²) in [5.74, 6) is -0.491. The predicted molar refractivity (Wildman–Crippen MR) is 86.2 cm³/mol. The number of hydrogen-bond acceptors (Lipinski definition) is 2. The Morgan fingerprint density at radius 3 is 2.71 bits per heavy atom. The lowest BCUT2D eigenvalue weighted by Gasteiger charge is -2.13. The maximum atomic E-state index is 12.3. The minimum atomic E-state index is -0.581. The highest BCUT2D eigenvalue weighted by molar-refractivity contribution is 9.10. The molecule has 1 heterocycles. The van der Waals surface area contributed by atoms with Crippen molar-refractivity contribution in [2.45, 2.75) is 26.3 Å². The second kappa shape index (κ2) is 6.76. The molecule has 0 unspecified atom stereocenters. The van der Waals surface area contributed by atoms with Gasteiger partial charge in [0.1, 0.15) is 11.7 Å². The molecule has 0 spiro atoms. The standard InChI is InChI=1S/C15H18BrN3O2/c1-3-8-17-14(20)9(2)18-15(21)13-12(16)10-6-4-5-7-11(10)19-13/h4-7,9,19H,3,8H2,1-2H3,(H,17,20)(H,18,21)/t9-/m0/s1. The lowest BCUT2D eigenvalue weighted by atomic mass is 10.2. The van der Waals surface area contributed by atoms with E-state index in [1.165, 1.54) is 0 Å². The molecule has 0 aliphatic rings. The van der Waals surface area contributed by atoms with Crippen molar-refractivity contribution in [3.63, 3.8) is 0 Å². The molecule has 0 saturated carbocycles. The fourth-order valence-electron chi connectivity index (χ4n) is 2.00. The van der Waals surface area contributed by atoms with E-state index in [0.717, 1.165) is 17.3 Å². The maximum Gasteiger partial charge on any atom is 0.269 e. The molecule has 0 saturated heterocycles. The van der Waals surface area contributed by atoms with Crippen LogP contribution < -0.4 is 10.6 Å². The third-order valence-corrected chi connectivity index (χ3v) is 3.98. The molecule has 21 heavy (non-hydrogen) atoms. The molecule has 0 radical (unpaired) electrons. The summed E-state index contributed by atoms with van der Waals surface area (Å²) in [6.07, 6.45) is 0.861. The van der Waals surface area contributed by atoms with Gasteiger partial charge in [-0.3, -0.25) is 9.59 Å². The zero-order valence-electron chi connectivity index (χ0n) is 12.0. The highest BCUT2D eigenvalue weighted by Gasteiger charge is 2.20. The summed E-state index contributed by atoms with van der Waals surface area (Å²) in [5, 5.41) is 6.38. The third kappa shape index (κ3) is 3.44. The number of amides is 2. The summed E-state index contributed by atoms with van der Waals surface area (Å²) >= 11 is 3.43. The number of H-pyrrole nitrogens is 1. The van der Waals surface area contributed by atoms with E-state index >= 15 is 0 Å². The Balaban J connectivity index is 2.12. The van der Waals surface area contributed by atoms with E-state index in [-0.39, 0.29) is 11.8 Å². The van der Waals surface area contributed by atoms with Gasteiger partial charge in [0.05, 0.1) is 4.47 Å². The van der Waals surface area contributed by atoms with Crippen molar-refractivity contribution in [3.8, 4) is 0 Å². The van der Waals surface area contributed by atoms with Crippen LogP contribution in [0.5, 0.6) is 0 Å². The maximum absolute atomic E-state index is 12.3. The molecule has 5 nitrogen and oxygen atoms in total. The second-order valence-corrected chi connectivity index (χ2v) is 5.64. The molecule has 6 heteroatoms. The lowest BCUT2D eigenvalue weighted by molar-refractivity contribution is -0.122. The topological polar surface area (TPSA) is 74.0 Å². The first kappa shape index (κ1) is 15.6. The van der Waals surface area contributed by atoms with Gasteiger partial charge in [-0.2, -0.15) is 0 Å². The fraction of sp³-hybridized carbons (Fsp3) is 0.333. The Bertz CT molecular complexity index is 666. The Morgan fingerprint density at radius 1 is 1.33 bits per heavy atom. The Labute approximate surface area is 131 Å². The normalized spacial score (nSPS) is 12.1. The molecule has 2 aromatic rings. The van der Waals surface area contributed by atoms with Gasteiger partial charge in [0, 0.05) is 17.4 Å². The highest BCUT2D eigenvalue weighted by atomic mass is 79.9. The Hall–Kier alpha value is -1.82. The van der Waals surface area contributed by atoms with Crippen LogP contribution in [0.4, 0.5) is 0 Å². The number of aromatic amines is 1. The SMILES string of the molecule is CCCNC(=O)[C@H](C)NC(=O)c1[nH]c2ccccc2c1Br. The Morgan fingerprint density at radius 2 is 2.05 bits per heavy atom. The summed E-state index contributed by atoms with van der Waals surface area (Å²) in [7, 11) is 0. The molecule has 2 amide bonds. The van der Waals surface area contributed by atoms with Crippen molar-refractivity contribution >= 4 is 38.6 Å². The van der Waals surface area contributed by atoms with E-state index < -0.39 is 6.04 Å². The summed E-state index contributed by atoms with van der Waals surface area (Å²) in [6, 6.07) is 7.04. The van der Waals surface area contributed by atoms with Crippen LogP contribution >= 0.6 is 15.9 Å². The molecule has 112 valence electrons. The van der Waals surface area contributed by atoms with E-state index in [1.807, 2.05) is 31.2 Å². The summed E-state index contributed by atoms with van der Waals surface area (Å²) in [4.78, 5) is 27.1. The second-order valence-electron chi connectivity index (χ2n) is 4.85. The van der Waals surface area contributed by atoms with Gasteiger partial charge in [0.2, 0.25) is 5.91 Å². The van der Waals surface area contributed by atoms with Crippen molar-refractivity contribution in [2.24, 2.45) is 0 Å². The van der Waals surface area contributed by atoms with Gasteiger partial charge in [0.15, 0.2) is 0 Å². The third-order valence-electron chi connectivity index (χ3n) is 3.16. The number of para-hydroxylation sites is 1. The van der Waals surface area contributed by atoms with E-state index in [0.29, 0.717) is 16.7 Å². The molecule has 0 aliphatic carbocycles. The number of fused-ring (bicyclic) bond motifs is 1. The predicted octanol–water partition coefficient (Wildman–Crippen LogP) is 2.57.